The summed E-state index contributed by atoms with van der Waals surface area (Å²) in [5.41, 5.74) is 1.25. The third-order valence-electron chi connectivity index (χ3n) is 2.90. The number of carbonyl (C=O) groups is 1. The lowest BCUT2D eigenvalue weighted by atomic mass is 10.2. The molecule has 2 rings (SSSR count). The van der Waals surface area contributed by atoms with Crippen LogP contribution in [0.4, 0.5) is 5.69 Å². The minimum atomic E-state index is -0.296. The second-order valence-corrected chi connectivity index (χ2v) is 4.11. The van der Waals surface area contributed by atoms with E-state index in [0.717, 1.165) is 5.69 Å². The number of ether oxygens (including phenoxy) is 1. The van der Waals surface area contributed by atoms with Gasteiger partial charge in [0.2, 0.25) is 0 Å². The summed E-state index contributed by atoms with van der Waals surface area (Å²) in [6, 6.07) is 3.51. The Balaban J connectivity index is 2.10. The quantitative estimate of drug-likeness (QED) is 0.788. The topological polar surface area (TPSA) is 74.7 Å². The average Bonchev–Trinajstić information content (AvgIpc) is 2.46. The Morgan fingerprint density at radius 3 is 3.28 bits per heavy atom. The molecule has 6 nitrogen and oxygen atoms in total. The molecule has 1 aromatic rings. The van der Waals surface area contributed by atoms with E-state index in [1.807, 2.05) is 0 Å². The monoisotopic (exact) mass is 251 g/mol. The highest BCUT2D eigenvalue weighted by atomic mass is 16.5. The van der Waals surface area contributed by atoms with E-state index in [-0.39, 0.29) is 18.6 Å². The van der Waals surface area contributed by atoms with Crippen LogP contribution in [-0.2, 0) is 4.74 Å². The van der Waals surface area contributed by atoms with Gasteiger partial charge in [-0.05, 0) is 12.1 Å². The summed E-state index contributed by atoms with van der Waals surface area (Å²) in [6.45, 7) is 1.30. The van der Waals surface area contributed by atoms with E-state index in [0.29, 0.717) is 25.4 Å². The molecule has 1 unspecified atom stereocenters. The van der Waals surface area contributed by atoms with Crippen LogP contribution in [0.1, 0.15) is 10.5 Å². The van der Waals surface area contributed by atoms with Gasteiger partial charge in [-0.15, -0.1) is 0 Å². The number of pyridine rings is 1. The van der Waals surface area contributed by atoms with E-state index < -0.39 is 0 Å². The average molecular weight is 251 g/mol. The molecular weight excluding hydrogens is 234 g/mol. The van der Waals surface area contributed by atoms with Crippen LogP contribution in [0.3, 0.4) is 0 Å². The molecule has 18 heavy (non-hydrogen) atoms. The van der Waals surface area contributed by atoms with Gasteiger partial charge in [-0.25, -0.2) is 0 Å². The molecule has 0 aromatic carbocycles. The van der Waals surface area contributed by atoms with Gasteiger partial charge in [0.25, 0.3) is 5.91 Å². The lowest BCUT2D eigenvalue weighted by molar-refractivity contribution is -0.0448. The summed E-state index contributed by atoms with van der Waals surface area (Å²) < 4.78 is 5.31. The molecule has 98 valence electrons. The summed E-state index contributed by atoms with van der Waals surface area (Å²) in [5, 5.41) is 12.0. The number of nitrogens with one attached hydrogen (secondary N) is 1. The van der Waals surface area contributed by atoms with E-state index >= 15 is 0 Å². The van der Waals surface area contributed by atoms with Crippen LogP contribution in [-0.4, -0.2) is 60.4 Å². The zero-order chi connectivity index (χ0) is 13.0. The number of morpholine rings is 1. The first-order valence-electron chi connectivity index (χ1n) is 5.90. The molecule has 1 aromatic heterocycles. The van der Waals surface area contributed by atoms with Gasteiger partial charge in [0.15, 0.2) is 0 Å². The van der Waals surface area contributed by atoms with Crippen molar-refractivity contribution in [1.29, 1.82) is 0 Å². The third kappa shape index (κ3) is 2.77. The molecule has 6 heteroatoms. The van der Waals surface area contributed by atoms with Crippen LogP contribution in [0.5, 0.6) is 0 Å². The molecule has 1 fully saturated rings. The van der Waals surface area contributed by atoms with Crippen LogP contribution in [0.2, 0.25) is 0 Å². The van der Waals surface area contributed by atoms with Gasteiger partial charge in [0.05, 0.1) is 19.3 Å². The summed E-state index contributed by atoms with van der Waals surface area (Å²) in [6.07, 6.45) is 1.30. The molecule has 0 saturated carbocycles. The first kappa shape index (κ1) is 12.8. The van der Waals surface area contributed by atoms with Crippen LogP contribution in [0, 0.1) is 0 Å². The molecule has 1 amide bonds. The highest BCUT2D eigenvalue weighted by Crippen LogP contribution is 2.12. The van der Waals surface area contributed by atoms with Gasteiger partial charge in [-0.1, -0.05) is 0 Å². The maximum absolute atomic E-state index is 12.2. The summed E-state index contributed by atoms with van der Waals surface area (Å²) in [4.78, 5) is 18.0. The number of rotatable bonds is 3. The van der Waals surface area contributed by atoms with E-state index in [9.17, 15) is 4.79 Å². The van der Waals surface area contributed by atoms with Crippen molar-refractivity contribution in [3.8, 4) is 0 Å². The Labute approximate surface area is 106 Å². The van der Waals surface area contributed by atoms with E-state index in [1.54, 1.807) is 30.3 Å². The van der Waals surface area contributed by atoms with Crippen molar-refractivity contribution in [2.24, 2.45) is 0 Å². The molecule has 1 saturated heterocycles. The number of aliphatic hydroxyl groups excluding tert-OH is 1. The van der Waals surface area contributed by atoms with Gasteiger partial charge in [0, 0.05) is 32.0 Å². The normalized spacial score (nSPS) is 19.7. The predicted molar refractivity (Wildman–Crippen MR) is 66.5 cm³/mol. The number of hydrogen-bond donors (Lipinski definition) is 2. The SMILES string of the molecule is CNc1ccnc(C(=O)N2CCOC(CO)C2)c1. The number of aliphatic hydroxyl groups is 1. The van der Waals surface area contributed by atoms with Crippen molar-refractivity contribution in [3.63, 3.8) is 0 Å². The maximum atomic E-state index is 12.2. The third-order valence-corrected chi connectivity index (χ3v) is 2.90. The van der Waals surface area contributed by atoms with Crippen LogP contribution in [0.15, 0.2) is 18.3 Å². The summed E-state index contributed by atoms with van der Waals surface area (Å²) in [5.74, 6) is -0.131. The number of nitrogens with zero attached hydrogens (tertiary/aromatic N) is 2. The summed E-state index contributed by atoms with van der Waals surface area (Å²) >= 11 is 0. The smallest absolute Gasteiger partial charge is 0.272 e. The van der Waals surface area contributed by atoms with E-state index in [1.165, 1.54) is 0 Å². The van der Waals surface area contributed by atoms with Crippen molar-refractivity contribution in [1.82, 2.24) is 9.88 Å². The molecule has 0 radical (unpaired) electrons. The molecule has 1 aliphatic heterocycles. The zero-order valence-corrected chi connectivity index (χ0v) is 10.3. The van der Waals surface area contributed by atoms with Crippen molar-refractivity contribution in [2.45, 2.75) is 6.10 Å². The molecule has 0 aliphatic carbocycles. The van der Waals surface area contributed by atoms with Crippen LogP contribution >= 0.6 is 0 Å². The van der Waals surface area contributed by atoms with E-state index in [2.05, 4.69) is 10.3 Å². The Morgan fingerprint density at radius 2 is 2.56 bits per heavy atom. The van der Waals surface area contributed by atoms with Gasteiger partial charge >= 0.3 is 0 Å². The van der Waals surface area contributed by atoms with Crippen molar-refractivity contribution >= 4 is 11.6 Å². The number of anilines is 1. The zero-order valence-electron chi connectivity index (χ0n) is 10.3. The van der Waals surface area contributed by atoms with Gasteiger partial charge in [-0.3, -0.25) is 9.78 Å². The molecule has 2 heterocycles. The Bertz CT molecular complexity index is 425. The Kier molecular flexibility index (Phi) is 4.11. The lowest BCUT2D eigenvalue weighted by Gasteiger charge is -2.31. The van der Waals surface area contributed by atoms with Crippen molar-refractivity contribution in [3.05, 3.63) is 24.0 Å². The van der Waals surface area contributed by atoms with Crippen LogP contribution < -0.4 is 5.32 Å². The molecule has 1 aliphatic rings. The lowest BCUT2D eigenvalue weighted by Crippen LogP contribution is -2.47. The van der Waals surface area contributed by atoms with Gasteiger partial charge in [0.1, 0.15) is 5.69 Å². The fourth-order valence-corrected chi connectivity index (χ4v) is 1.88. The predicted octanol–water partition coefficient (Wildman–Crippen LogP) is -0.0434. The molecule has 1 atom stereocenters. The minimum absolute atomic E-state index is 0.0756. The highest BCUT2D eigenvalue weighted by molar-refractivity contribution is 5.93. The first-order valence-corrected chi connectivity index (χ1v) is 5.90. The standard InChI is InChI=1S/C12H17N3O3/c1-13-9-2-3-14-11(6-9)12(17)15-4-5-18-10(7-15)8-16/h2-3,6,10,16H,4-5,7-8H2,1H3,(H,13,14). The number of carbonyl (C=O) groups excluding carboxylic acids is 1. The Hall–Kier alpha value is -1.66. The number of amides is 1. The largest absolute Gasteiger partial charge is 0.394 e. The van der Waals surface area contributed by atoms with Crippen molar-refractivity contribution in [2.75, 3.05) is 38.7 Å². The molecular formula is C12H17N3O3. The fraction of sp³-hybridized carbons (Fsp3) is 0.500. The molecule has 2 N–H and O–H groups in total. The second-order valence-electron chi connectivity index (χ2n) is 4.11. The van der Waals surface area contributed by atoms with Gasteiger partial charge in [-0.2, -0.15) is 0 Å². The summed E-state index contributed by atoms with van der Waals surface area (Å²) in [7, 11) is 1.79. The van der Waals surface area contributed by atoms with Crippen molar-refractivity contribution < 1.29 is 14.6 Å². The second kappa shape index (κ2) is 5.79. The number of aromatic nitrogens is 1. The molecule has 0 bridgehead atoms. The van der Waals surface area contributed by atoms with Gasteiger partial charge < -0.3 is 20.1 Å². The van der Waals surface area contributed by atoms with E-state index in [4.69, 9.17) is 9.84 Å². The minimum Gasteiger partial charge on any atom is -0.394 e. The molecule has 0 spiro atoms. The highest BCUT2D eigenvalue weighted by Gasteiger charge is 2.25. The fourth-order valence-electron chi connectivity index (χ4n) is 1.88. The maximum Gasteiger partial charge on any atom is 0.272 e. The number of hydrogen-bond acceptors (Lipinski definition) is 5. The first-order chi connectivity index (χ1) is 8.74. The van der Waals surface area contributed by atoms with Crippen LogP contribution in [0.25, 0.3) is 0 Å². The Morgan fingerprint density at radius 1 is 1.72 bits per heavy atom.